The number of benzene rings is 1. The monoisotopic (exact) mass is 271 g/mol. The molecule has 0 aliphatic heterocycles. The van der Waals surface area contributed by atoms with Crippen LogP contribution in [0.25, 0.3) is 0 Å². The molecule has 0 atom stereocenters. The van der Waals surface area contributed by atoms with Gasteiger partial charge in [-0.2, -0.15) is 18.4 Å². The SMILES string of the molecule is Cc1ccc(C(F)(F)F)cc1NC(=O)c1nn[nH]n1. The number of rotatable bonds is 2. The summed E-state index contributed by atoms with van der Waals surface area (Å²) in [7, 11) is 0. The fraction of sp³-hybridized carbons (Fsp3) is 0.200. The lowest BCUT2D eigenvalue weighted by Crippen LogP contribution is -2.15. The molecular formula is C10H8F3N5O. The number of carbonyl (C=O) groups excluding carboxylic acids is 1. The Hall–Kier alpha value is -2.45. The first-order valence-corrected chi connectivity index (χ1v) is 5.10. The summed E-state index contributed by atoms with van der Waals surface area (Å²) in [6.07, 6.45) is -4.47. The van der Waals surface area contributed by atoms with Gasteiger partial charge in [0.25, 0.3) is 11.7 Å². The largest absolute Gasteiger partial charge is 0.416 e. The first-order chi connectivity index (χ1) is 8.88. The van der Waals surface area contributed by atoms with Gasteiger partial charge in [0.2, 0.25) is 0 Å². The molecule has 2 N–H and O–H groups in total. The van der Waals surface area contributed by atoms with E-state index in [-0.39, 0.29) is 11.5 Å². The molecular weight excluding hydrogens is 263 g/mol. The molecule has 19 heavy (non-hydrogen) atoms. The van der Waals surface area contributed by atoms with Gasteiger partial charge >= 0.3 is 6.18 Å². The number of hydrogen-bond acceptors (Lipinski definition) is 4. The van der Waals surface area contributed by atoms with Crippen LogP contribution in [0.15, 0.2) is 18.2 Å². The van der Waals surface area contributed by atoms with Crippen LogP contribution in [-0.2, 0) is 6.18 Å². The van der Waals surface area contributed by atoms with Gasteiger partial charge in [-0.05, 0) is 29.8 Å². The Morgan fingerprint density at radius 3 is 2.68 bits per heavy atom. The van der Waals surface area contributed by atoms with Crippen molar-refractivity contribution in [3.63, 3.8) is 0 Å². The summed E-state index contributed by atoms with van der Waals surface area (Å²) in [6, 6.07) is 3.07. The van der Waals surface area contributed by atoms with Crippen molar-refractivity contribution >= 4 is 11.6 Å². The van der Waals surface area contributed by atoms with E-state index in [0.717, 1.165) is 12.1 Å². The number of hydrogen-bond donors (Lipinski definition) is 2. The van der Waals surface area contributed by atoms with Crippen LogP contribution >= 0.6 is 0 Å². The van der Waals surface area contributed by atoms with Crippen LogP contribution in [0.3, 0.4) is 0 Å². The summed E-state index contributed by atoms with van der Waals surface area (Å²) in [4.78, 5) is 11.6. The van der Waals surface area contributed by atoms with Gasteiger partial charge in [-0.15, -0.1) is 10.2 Å². The Balaban J connectivity index is 2.27. The fourth-order valence-electron chi connectivity index (χ4n) is 1.37. The molecule has 0 spiro atoms. The number of amides is 1. The van der Waals surface area contributed by atoms with E-state index in [1.807, 2.05) is 0 Å². The van der Waals surface area contributed by atoms with Crippen LogP contribution in [0.5, 0.6) is 0 Å². The minimum atomic E-state index is -4.47. The number of alkyl halides is 3. The summed E-state index contributed by atoms with van der Waals surface area (Å²) in [5.41, 5.74) is -0.309. The summed E-state index contributed by atoms with van der Waals surface area (Å²) in [5.74, 6) is -0.993. The molecule has 0 aliphatic carbocycles. The zero-order valence-corrected chi connectivity index (χ0v) is 9.62. The van der Waals surface area contributed by atoms with E-state index in [1.165, 1.54) is 6.07 Å². The highest BCUT2D eigenvalue weighted by Crippen LogP contribution is 2.32. The van der Waals surface area contributed by atoms with E-state index in [9.17, 15) is 18.0 Å². The molecule has 6 nitrogen and oxygen atoms in total. The quantitative estimate of drug-likeness (QED) is 0.872. The summed E-state index contributed by atoms with van der Waals surface area (Å²) in [5, 5.41) is 14.4. The summed E-state index contributed by atoms with van der Waals surface area (Å²) in [6.45, 7) is 1.58. The van der Waals surface area contributed by atoms with Crippen molar-refractivity contribution in [2.24, 2.45) is 0 Å². The van der Waals surface area contributed by atoms with Crippen molar-refractivity contribution in [1.82, 2.24) is 20.6 Å². The van der Waals surface area contributed by atoms with E-state index in [4.69, 9.17) is 0 Å². The number of nitrogens with one attached hydrogen (secondary N) is 2. The molecule has 0 saturated heterocycles. The van der Waals surface area contributed by atoms with Crippen LogP contribution in [-0.4, -0.2) is 26.5 Å². The number of halogens is 3. The number of tetrazole rings is 1. The average molecular weight is 271 g/mol. The fourth-order valence-corrected chi connectivity index (χ4v) is 1.37. The lowest BCUT2D eigenvalue weighted by atomic mass is 10.1. The Bertz CT molecular complexity index is 594. The van der Waals surface area contributed by atoms with Gasteiger partial charge in [0.15, 0.2) is 0 Å². The summed E-state index contributed by atoms with van der Waals surface area (Å²) >= 11 is 0. The number of nitrogens with zero attached hydrogens (tertiary/aromatic N) is 3. The van der Waals surface area contributed by atoms with Crippen molar-refractivity contribution in [3.8, 4) is 0 Å². The maximum absolute atomic E-state index is 12.6. The maximum atomic E-state index is 12.6. The van der Waals surface area contributed by atoms with Gasteiger partial charge in [-0.1, -0.05) is 6.07 Å². The van der Waals surface area contributed by atoms with E-state index >= 15 is 0 Å². The number of aromatic amines is 1. The molecule has 0 bridgehead atoms. The van der Waals surface area contributed by atoms with E-state index < -0.39 is 17.6 Å². The Morgan fingerprint density at radius 2 is 2.11 bits per heavy atom. The Kier molecular flexibility index (Phi) is 3.19. The third-order valence-corrected chi connectivity index (χ3v) is 2.36. The predicted molar refractivity (Wildman–Crippen MR) is 58.3 cm³/mol. The van der Waals surface area contributed by atoms with Gasteiger partial charge < -0.3 is 5.32 Å². The molecule has 1 aromatic carbocycles. The van der Waals surface area contributed by atoms with Gasteiger partial charge in [0.05, 0.1) is 5.56 Å². The number of anilines is 1. The highest BCUT2D eigenvalue weighted by atomic mass is 19.4. The number of aryl methyl sites for hydroxylation is 1. The predicted octanol–water partition coefficient (Wildman–Crippen LogP) is 1.78. The molecule has 1 aromatic heterocycles. The first-order valence-electron chi connectivity index (χ1n) is 5.10. The molecule has 1 amide bonds. The second-order valence-electron chi connectivity index (χ2n) is 3.72. The number of H-pyrrole nitrogens is 1. The molecule has 2 rings (SSSR count). The van der Waals surface area contributed by atoms with Crippen molar-refractivity contribution in [2.75, 3.05) is 5.32 Å². The van der Waals surface area contributed by atoms with Crippen LogP contribution in [0.4, 0.5) is 18.9 Å². The van der Waals surface area contributed by atoms with Gasteiger partial charge in [0.1, 0.15) is 0 Å². The second kappa shape index (κ2) is 4.67. The number of carbonyl (C=O) groups is 1. The third-order valence-electron chi connectivity index (χ3n) is 2.36. The van der Waals surface area contributed by atoms with Crippen LogP contribution in [0, 0.1) is 6.92 Å². The highest BCUT2D eigenvalue weighted by Gasteiger charge is 2.31. The smallest absolute Gasteiger partial charge is 0.319 e. The minimum Gasteiger partial charge on any atom is -0.319 e. The lowest BCUT2D eigenvalue weighted by molar-refractivity contribution is -0.137. The molecule has 9 heteroatoms. The molecule has 0 saturated carbocycles. The average Bonchev–Trinajstić information content (AvgIpc) is 2.84. The van der Waals surface area contributed by atoms with Gasteiger partial charge in [-0.25, -0.2) is 0 Å². The maximum Gasteiger partial charge on any atom is 0.416 e. The van der Waals surface area contributed by atoms with Gasteiger partial charge in [0, 0.05) is 5.69 Å². The normalized spacial score (nSPS) is 11.4. The molecule has 1 heterocycles. The molecule has 100 valence electrons. The lowest BCUT2D eigenvalue weighted by Gasteiger charge is -2.11. The Labute approximate surface area is 105 Å². The zero-order valence-electron chi connectivity index (χ0n) is 9.62. The molecule has 0 fully saturated rings. The van der Waals surface area contributed by atoms with Crippen molar-refractivity contribution in [2.45, 2.75) is 13.1 Å². The standard InChI is InChI=1S/C10H8F3N5O/c1-5-2-3-6(10(11,12)13)4-7(5)14-9(19)8-15-17-18-16-8/h2-4H,1H3,(H,14,19)(H,15,16,17,18). The van der Waals surface area contributed by atoms with E-state index in [0.29, 0.717) is 5.56 Å². The number of aromatic nitrogens is 4. The van der Waals surface area contributed by atoms with Gasteiger partial charge in [-0.3, -0.25) is 4.79 Å². The Morgan fingerprint density at radius 1 is 1.37 bits per heavy atom. The molecule has 0 unspecified atom stereocenters. The highest BCUT2D eigenvalue weighted by molar-refractivity contribution is 6.01. The van der Waals surface area contributed by atoms with E-state index in [2.05, 4.69) is 25.9 Å². The minimum absolute atomic E-state index is 0.0459. The molecule has 0 aliphatic rings. The first kappa shape index (κ1) is 13.0. The zero-order chi connectivity index (χ0) is 14.0. The van der Waals surface area contributed by atoms with Crippen molar-refractivity contribution in [1.29, 1.82) is 0 Å². The van der Waals surface area contributed by atoms with E-state index in [1.54, 1.807) is 6.92 Å². The van der Waals surface area contributed by atoms with Crippen LogP contribution < -0.4 is 5.32 Å². The second-order valence-corrected chi connectivity index (χ2v) is 3.72. The van der Waals surface area contributed by atoms with Crippen LogP contribution in [0.2, 0.25) is 0 Å². The molecule has 2 aromatic rings. The van der Waals surface area contributed by atoms with Crippen molar-refractivity contribution in [3.05, 3.63) is 35.2 Å². The topological polar surface area (TPSA) is 83.6 Å². The molecule has 0 radical (unpaired) electrons. The van der Waals surface area contributed by atoms with Crippen molar-refractivity contribution < 1.29 is 18.0 Å². The third kappa shape index (κ3) is 2.87. The summed E-state index contributed by atoms with van der Waals surface area (Å²) < 4.78 is 37.7. The van der Waals surface area contributed by atoms with Crippen LogP contribution in [0.1, 0.15) is 21.7 Å².